The number of carbonyl (C=O) groups excluding carboxylic acids is 2. The van der Waals surface area contributed by atoms with Crippen LogP contribution in [0, 0.1) is 0 Å². The Labute approximate surface area is 357 Å². The van der Waals surface area contributed by atoms with Gasteiger partial charge in [0.15, 0.2) is 6.10 Å². The fraction of sp³-hybridized carbons (Fsp3) is 0.833. The zero-order chi connectivity index (χ0) is 42.8. The van der Waals surface area contributed by atoms with Gasteiger partial charge in [0.25, 0.3) is 0 Å². The van der Waals surface area contributed by atoms with E-state index < -0.39 is 26.5 Å². The maximum atomic E-state index is 12.7. The summed E-state index contributed by atoms with van der Waals surface area (Å²) < 4.78 is 34.4. The molecule has 10 heteroatoms. The molecular formula is C48H91NO8P+. The van der Waals surface area contributed by atoms with E-state index in [1.165, 1.54) is 122 Å². The molecule has 0 bridgehead atoms. The number of ether oxygens (including phenoxy) is 2. The van der Waals surface area contributed by atoms with Crippen molar-refractivity contribution in [2.24, 2.45) is 0 Å². The van der Waals surface area contributed by atoms with Crippen LogP contribution in [0.5, 0.6) is 0 Å². The van der Waals surface area contributed by atoms with Crippen molar-refractivity contribution in [2.45, 2.75) is 212 Å². The van der Waals surface area contributed by atoms with Crippen molar-refractivity contribution < 1.29 is 42.1 Å². The monoisotopic (exact) mass is 841 g/mol. The summed E-state index contributed by atoms with van der Waals surface area (Å²) in [6.07, 6.45) is 45.0. The molecule has 0 aromatic carbocycles. The van der Waals surface area contributed by atoms with Gasteiger partial charge in [-0.05, 0) is 57.8 Å². The molecule has 9 nitrogen and oxygen atoms in total. The molecule has 0 aliphatic carbocycles. The number of phosphoric acid groups is 1. The summed E-state index contributed by atoms with van der Waals surface area (Å²) in [7, 11) is 1.47. The van der Waals surface area contributed by atoms with Crippen LogP contribution >= 0.6 is 7.82 Å². The predicted octanol–water partition coefficient (Wildman–Crippen LogP) is 13.7. The highest BCUT2D eigenvalue weighted by atomic mass is 31.2. The molecule has 340 valence electrons. The molecule has 58 heavy (non-hydrogen) atoms. The number of rotatable bonds is 44. The van der Waals surface area contributed by atoms with Crippen LogP contribution in [0.15, 0.2) is 37.0 Å². The molecule has 0 aliphatic heterocycles. The SMILES string of the molecule is C=CCCCCCCCCCCCCCCCC(=O)OC[C@H](COP(=O)(O)OCC[N+](C)(C)C)OC(=O)CCCCCCCCCCC/C=C/C/C=C/CCCCC. The Balaban J connectivity index is 4.29. The summed E-state index contributed by atoms with van der Waals surface area (Å²) >= 11 is 0. The van der Waals surface area contributed by atoms with Crippen LogP contribution in [0.4, 0.5) is 0 Å². The minimum absolute atomic E-state index is 0.0306. The van der Waals surface area contributed by atoms with E-state index in [4.69, 9.17) is 18.5 Å². The largest absolute Gasteiger partial charge is 0.472 e. The van der Waals surface area contributed by atoms with E-state index in [2.05, 4.69) is 37.8 Å². The molecule has 1 unspecified atom stereocenters. The smallest absolute Gasteiger partial charge is 0.462 e. The zero-order valence-electron chi connectivity index (χ0n) is 38.1. The quantitative estimate of drug-likeness (QED) is 0.0212. The molecule has 0 fully saturated rings. The number of nitrogens with zero attached hydrogens (tertiary/aromatic N) is 1. The van der Waals surface area contributed by atoms with Crippen LogP contribution in [0.25, 0.3) is 0 Å². The average molecular weight is 841 g/mol. The fourth-order valence-electron chi connectivity index (χ4n) is 6.55. The molecule has 0 aliphatic rings. The third kappa shape index (κ3) is 43.8. The van der Waals surface area contributed by atoms with E-state index >= 15 is 0 Å². The number of hydrogen-bond acceptors (Lipinski definition) is 7. The van der Waals surface area contributed by atoms with E-state index in [1.807, 2.05) is 27.2 Å². The summed E-state index contributed by atoms with van der Waals surface area (Å²) in [6, 6.07) is 0. The minimum Gasteiger partial charge on any atom is -0.462 e. The second-order valence-corrected chi connectivity index (χ2v) is 18.7. The first-order valence-corrected chi connectivity index (χ1v) is 25.2. The number of unbranched alkanes of at least 4 members (excludes halogenated alkanes) is 25. The highest BCUT2D eigenvalue weighted by Gasteiger charge is 2.27. The van der Waals surface area contributed by atoms with Gasteiger partial charge in [-0.3, -0.25) is 18.6 Å². The first kappa shape index (κ1) is 56.2. The van der Waals surface area contributed by atoms with Crippen LogP contribution < -0.4 is 0 Å². The lowest BCUT2D eigenvalue weighted by atomic mass is 10.0. The number of likely N-dealkylation sites (N-methyl/N-ethyl adjacent to an activating group) is 1. The van der Waals surface area contributed by atoms with Crippen LogP contribution in [0.3, 0.4) is 0 Å². The van der Waals surface area contributed by atoms with Gasteiger partial charge in [0.05, 0.1) is 27.7 Å². The molecular weight excluding hydrogens is 750 g/mol. The lowest BCUT2D eigenvalue weighted by Gasteiger charge is -2.24. The molecule has 0 aromatic rings. The van der Waals surface area contributed by atoms with Crippen molar-refractivity contribution in [2.75, 3.05) is 47.5 Å². The average Bonchev–Trinajstić information content (AvgIpc) is 3.17. The Hall–Kier alpha value is -1.77. The van der Waals surface area contributed by atoms with Crippen LogP contribution in [0.1, 0.15) is 206 Å². The van der Waals surface area contributed by atoms with Crippen molar-refractivity contribution in [3.63, 3.8) is 0 Å². The molecule has 0 spiro atoms. The van der Waals surface area contributed by atoms with Crippen LogP contribution in [0.2, 0.25) is 0 Å². The molecule has 0 saturated heterocycles. The lowest BCUT2D eigenvalue weighted by molar-refractivity contribution is -0.870. The molecule has 0 saturated carbocycles. The Morgan fingerprint density at radius 1 is 0.586 bits per heavy atom. The number of carbonyl (C=O) groups is 2. The van der Waals surface area contributed by atoms with Crippen molar-refractivity contribution in [1.82, 2.24) is 0 Å². The second kappa shape index (κ2) is 40.6. The van der Waals surface area contributed by atoms with Crippen molar-refractivity contribution in [1.29, 1.82) is 0 Å². The Morgan fingerprint density at radius 3 is 1.48 bits per heavy atom. The Kier molecular flexibility index (Phi) is 39.4. The number of phosphoric ester groups is 1. The van der Waals surface area contributed by atoms with Gasteiger partial charge in [-0.1, -0.05) is 166 Å². The molecule has 1 N–H and O–H groups in total. The first-order chi connectivity index (χ1) is 28.0. The fourth-order valence-corrected chi connectivity index (χ4v) is 7.30. The molecule has 0 amide bonds. The highest BCUT2D eigenvalue weighted by molar-refractivity contribution is 7.47. The maximum absolute atomic E-state index is 12.7. The van der Waals surface area contributed by atoms with Crippen molar-refractivity contribution in [3.8, 4) is 0 Å². The van der Waals surface area contributed by atoms with Gasteiger partial charge in [-0.15, -0.1) is 6.58 Å². The number of allylic oxidation sites excluding steroid dienone is 5. The zero-order valence-corrected chi connectivity index (χ0v) is 39.0. The number of esters is 2. The van der Waals surface area contributed by atoms with E-state index in [1.54, 1.807) is 0 Å². The number of hydrogen-bond donors (Lipinski definition) is 1. The Bertz CT molecular complexity index is 1070. The van der Waals surface area contributed by atoms with Gasteiger partial charge < -0.3 is 18.9 Å². The molecule has 0 aromatic heterocycles. The van der Waals surface area contributed by atoms with Crippen LogP contribution in [-0.2, 0) is 32.7 Å². The van der Waals surface area contributed by atoms with Crippen LogP contribution in [-0.4, -0.2) is 74.9 Å². The van der Waals surface area contributed by atoms with E-state index in [0.29, 0.717) is 17.4 Å². The van der Waals surface area contributed by atoms with E-state index in [-0.39, 0.29) is 32.0 Å². The van der Waals surface area contributed by atoms with Gasteiger partial charge in [0.2, 0.25) is 0 Å². The summed E-state index contributed by atoms with van der Waals surface area (Å²) in [5.41, 5.74) is 0. The summed E-state index contributed by atoms with van der Waals surface area (Å²) in [4.78, 5) is 35.4. The van der Waals surface area contributed by atoms with Gasteiger partial charge in [0, 0.05) is 12.8 Å². The van der Waals surface area contributed by atoms with Crippen molar-refractivity contribution in [3.05, 3.63) is 37.0 Å². The van der Waals surface area contributed by atoms with E-state index in [0.717, 1.165) is 57.8 Å². The van der Waals surface area contributed by atoms with Gasteiger partial charge in [-0.2, -0.15) is 0 Å². The predicted molar refractivity (Wildman–Crippen MR) is 243 cm³/mol. The minimum atomic E-state index is -4.38. The van der Waals surface area contributed by atoms with Gasteiger partial charge in [0.1, 0.15) is 19.8 Å². The highest BCUT2D eigenvalue weighted by Crippen LogP contribution is 2.43. The molecule has 2 atom stereocenters. The van der Waals surface area contributed by atoms with Gasteiger partial charge >= 0.3 is 19.8 Å². The Morgan fingerprint density at radius 2 is 1.02 bits per heavy atom. The summed E-state index contributed by atoms with van der Waals surface area (Å²) in [5.74, 6) is -0.801. The summed E-state index contributed by atoms with van der Waals surface area (Å²) in [6.45, 7) is 5.93. The van der Waals surface area contributed by atoms with Gasteiger partial charge in [-0.25, -0.2) is 4.57 Å². The first-order valence-electron chi connectivity index (χ1n) is 23.7. The third-order valence-electron chi connectivity index (χ3n) is 10.3. The third-order valence-corrected chi connectivity index (χ3v) is 11.3. The topological polar surface area (TPSA) is 108 Å². The second-order valence-electron chi connectivity index (χ2n) is 17.2. The molecule has 0 radical (unpaired) electrons. The molecule has 0 heterocycles. The molecule has 0 rings (SSSR count). The maximum Gasteiger partial charge on any atom is 0.472 e. The van der Waals surface area contributed by atoms with E-state index in [9.17, 15) is 19.0 Å². The van der Waals surface area contributed by atoms with Crippen molar-refractivity contribution >= 4 is 19.8 Å². The lowest BCUT2D eigenvalue weighted by Crippen LogP contribution is -2.37. The normalized spacial score (nSPS) is 13.6. The summed E-state index contributed by atoms with van der Waals surface area (Å²) in [5, 5.41) is 0. The number of quaternary nitrogens is 1. The standard InChI is InChI=1S/C48H90NO8P/c1-6-8-10-12-14-16-18-20-22-23-24-25-27-29-31-33-35-37-39-41-48(51)57-46(45-56-58(52,53)55-43-42-49(3,4)5)44-54-47(50)40-38-36-34-32-30-28-26-21-19-17-15-13-11-9-7-2/h7,14,16,20,22,46H,2,6,8-13,15,17-19,21,23-45H2,1,3-5H3/p+1/b16-14+,22-20+/t46-/m1/s1.